The zero-order valence-electron chi connectivity index (χ0n) is 13.4. The van der Waals surface area contributed by atoms with Crippen molar-refractivity contribution >= 4 is 0 Å². The number of rotatable bonds is 6. The first-order valence-corrected chi connectivity index (χ1v) is 8.92. The van der Waals surface area contributed by atoms with Gasteiger partial charge >= 0.3 is 0 Å². The minimum atomic E-state index is 0.00160. The smallest absolute Gasteiger partial charge is 0.159 e. The van der Waals surface area contributed by atoms with Crippen LogP contribution in [0, 0.1) is 5.92 Å². The summed E-state index contributed by atoms with van der Waals surface area (Å²) in [6.07, 6.45) is 9.78. The molecule has 2 atom stereocenters. The zero-order chi connectivity index (χ0) is 14.5. The Morgan fingerprint density at radius 2 is 1.90 bits per heavy atom. The molecule has 1 N–H and O–H groups in total. The highest BCUT2D eigenvalue weighted by molar-refractivity contribution is 4.94. The molecule has 2 saturated heterocycles. The summed E-state index contributed by atoms with van der Waals surface area (Å²) in [5.74, 6) is 0.705. The van der Waals surface area contributed by atoms with Gasteiger partial charge in [-0.25, -0.2) is 0 Å². The predicted octanol–water partition coefficient (Wildman–Crippen LogP) is 2.86. The van der Waals surface area contributed by atoms with Crippen molar-refractivity contribution in [2.75, 3.05) is 26.4 Å². The standard InChI is InChI=1S/C17H31NO3/c1-2-8-18-15(12-16-19-10-11-20-16)14-5-9-21-17(13-14)6-3-4-7-17/h14-16,18H,2-13H2,1H3. The second-order valence-electron chi connectivity index (χ2n) is 6.96. The summed E-state index contributed by atoms with van der Waals surface area (Å²) in [6, 6.07) is 0.509. The van der Waals surface area contributed by atoms with Crippen molar-refractivity contribution in [1.29, 1.82) is 0 Å². The summed E-state index contributed by atoms with van der Waals surface area (Å²) >= 11 is 0. The van der Waals surface area contributed by atoms with E-state index in [4.69, 9.17) is 14.2 Å². The van der Waals surface area contributed by atoms with Crippen molar-refractivity contribution in [1.82, 2.24) is 5.32 Å². The van der Waals surface area contributed by atoms with Crippen LogP contribution in [0.5, 0.6) is 0 Å². The van der Waals surface area contributed by atoms with Crippen LogP contribution < -0.4 is 5.32 Å². The maximum atomic E-state index is 6.19. The fourth-order valence-electron chi connectivity index (χ4n) is 4.30. The van der Waals surface area contributed by atoms with E-state index < -0.39 is 0 Å². The van der Waals surface area contributed by atoms with Crippen LogP contribution in [0.2, 0.25) is 0 Å². The molecule has 0 aromatic carbocycles. The molecule has 4 heteroatoms. The summed E-state index contributed by atoms with van der Waals surface area (Å²) in [6.45, 7) is 5.75. The molecule has 3 aliphatic rings. The molecule has 1 spiro atoms. The minimum absolute atomic E-state index is 0.00160. The highest BCUT2D eigenvalue weighted by Crippen LogP contribution is 2.43. The fourth-order valence-corrected chi connectivity index (χ4v) is 4.30. The molecule has 3 fully saturated rings. The third kappa shape index (κ3) is 3.98. The van der Waals surface area contributed by atoms with Gasteiger partial charge in [-0.15, -0.1) is 0 Å². The van der Waals surface area contributed by atoms with Gasteiger partial charge in [0.2, 0.25) is 0 Å². The molecule has 0 bridgehead atoms. The Labute approximate surface area is 128 Å². The molecule has 0 radical (unpaired) electrons. The Kier molecular flexibility index (Phi) is 5.54. The Morgan fingerprint density at radius 1 is 1.14 bits per heavy atom. The third-order valence-electron chi connectivity index (χ3n) is 5.41. The number of ether oxygens (including phenoxy) is 3. The second kappa shape index (κ2) is 7.40. The monoisotopic (exact) mass is 297 g/mol. The van der Waals surface area contributed by atoms with E-state index in [-0.39, 0.29) is 11.9 Å². The Morgan fingerprint density at radius 3 is 2.62 bits per heavy atom. The zero-order valence-corrected chi connectivity index (χ0v) is 13.4. The van der Waals surface area contributed by atoms with Gasteiger partial charge in [-0.2, -0.15) is 0 Å². The SMILES string of the molecule is CCCNC(CC1OCCO1)C1CCOC2(CCCC2)C1. The molecule has 0 aromatic rings. The first-order valence-electron chi connectivity index (χ1n) is 8.92. The molecule has 0 aromatic heterocycles. The van der Waals surface area contributed by atoms with E-state index in [1.54, 1.807) is 0 Å². The Balaban J connectivity index is 1.60. The lowest BCUT2D eigenvalue weighted by atomic mass is 9.79. The predicted molar refractivity (Wildman–Crippen MR) is 82.3 cm³/mol. The van der Waals surface area contributed by atoms with Gasteiger partial charge in [-0.3, -0.25) is 0 Å². The summed E-state index contributed by atoms with van der Waals surface area (Å²) in [4.78, 5) is 0. The van der Waals surface area contributed by atoms with E-state index in [0.29, 0.717) is 12.0 Å². The lowest BCUT2D eigenvalue weighted by Crippen LogP contribution is -2.47. The third-order valence-corrected chi connectivity index (χ3v) is 5.41. The molecule has 0 amide bonds. The van der Waals surface area contributed by atoms with Gasteiger partial charge in [0.25, 0.3) is 0 Å². The topological polar surface area (TPSA) is 39.7 Å². The quantitative estimate of drug-likeness (QED) is 0.818. The molecule has 1 aliphatic carbocycles. The van der Waals surface area contributed by atoms with Crippen LogP contribution in [-0.2, 0) is 14.2 Å². The van der Waals surface area contributed by atoms with E-state index >= 15 is 0 Å². The second-order valence-corrected chi connectivity index (χ2v) is 6.96. The molecular formula is C17H31NO3. The van der Waals surface area contributed by atoms with Crippen molar-refractivity contribution in [3.8, 4) is 0 Å². The summed E-state index contributed by atoms with van der Waals surface area (Å²) in [7, 11) is 0. The van der Waals surface area contributed by atoms with E-state index in [1.165, 1.54) is 44.9 Å². The van der Waals surface area contributed by atoms with Gasteiger partial charge in [0, 0.05) is 19.1 Å². The van der Waals surface area contributed by atoms with Gasteiger partial charge in [0.1, 0.15) is 0 Å². The first-order chi connectivity index (χ1) is 10.3. The highest BCUT2D eigenvalue weighted by atomic mass is 16.7. The first kappa shape index (κ1) is 15.7. The van der Waals surface area contributed by atoms with Crippen molar-refractivity contribution in [3.63, 3.8) is 0 Å². The minimum Gasteiger partial charge on any atom is -0.375 e. The van der Waals surface area contributed by atoms with Crippen molar-refractivity contribution in [2.24, 2.45) is 5.92 Å². The van der Waals surface area contributed by atoms with Crippen LogP contribution in [0.3, 0.4) is 0 Å². The molecule has 2 unspecified atom stereocenters. The average Bonchev–Trinajstić information content (AvgIpc) is 3.16. The van der Waals surface area contributed by atoms with Gasteiger partial charge in [0.15, 0.2) is 6.29 Å². The Hall–Kier alpha value is -0.160. The van der Waals surface area contributed by atoms with Crippen LogP contribution >= 0.6 is 0 Å². The molecule has 2 heterocycles. The van der Waals surface area contributed by atoms with Crippen LogP contribution in [0.1, 0.15) is 58.3 Å². The molecule has 3 rings (SSSR count). The van der Waals surface area contributed by atoms with Gasteiger partial charge in [-0.05, 0) is 44.6 Å². The highest BCUT2D eigenvalue weighted by Gasteiger charge is 2.42. The molecule has 21 heavy (non-hydrogen) atoms. The van der Waals surface area contributed by atoms with Crippen LogP contribution in [-0.4, -0.2) is 44.3 Å². The average molecular weight is 297 g/mol. The fraction of sp³-hybridized carbons (Fsp3) is 1.00. The van der Waals surface area contributed by atoms with Gasteiger partial charge < -0.3 is 19.5 Å². The summed E-state index contributed by atoms with van der Waals surface area (Å²) < 4.78 is 17.5. The largest absolute Gasteiger partial charge is 0.375 e. The van der Waals surface area contributed by atoms with Crippen LogP contribution in [0.25, 0.3) is 0 Å². The molecular weight excluding hydrogens is 266 g/mol. The number of hydrogen-bond donors (Lipinski definition) is 1. The van der Waals surface area contributed by atoms with E-state index in [9.17, 15) is 0 Å². The molecule has 1 saturated carbocycles. The van der Waals surface area contributed by atoms with Crippen LogP contribution in [0.4, 0.5) is 0 Å². The van der Waals surface area contributed by atoms with E-state index in [0.717, 1.165) is 32.8 Å². The lowest BCUT2D eigenvalue weighted by molar-refractivity contribution is -0.107. The normalized spacial score (nSPS) is 31.0. The van der Waals surface area contributed by atoms with E-state index in [2.05, 4.69) is 12.2 Å². The van der Waals surface area contributed by atoms with Gasteiger partial charge in [-0.1, -0.05) is 19.8 Å². The number of nitrogens with one attached hydrogen (secondary N) is 1. The molecule has 2 aliphatic heterocycles. The lowest BCUT2D eigenvalue weighted by Gasteiger charge is -2.42. The van der Waals surface area contributed by atoms with Crippen LogP contribution in [0.15, 0.2) is 0 Å². The molecule has 122 valence electrons. The number of hydrogen-bond acceptors (Lipinski definition) is 4. The maximum absolute atomic E-state index is 6.19. The Bertz CT molecular complexity index is 311. The van der Waals surface area contributed by atoms with Crippen molar-refractivity contribution in [2.45, 2.75) is 76.2 Å². The van der Waals surface area contributed by atoms with Crippen molar-refractivity contribution in [3.05, 3.63) is 0 Å². The van der Waals surface area contributed by atoms with Gasteiger partial charge in [0.05, 0.1) is 18.8 Å². The summed E-state index contributed by atoms with van der Waals surface area (Å²) in [5, 5.41) is 3.76. The van der Waals surface area contributed by atoms with E-state index in [1.807, 2.05) is 0 Å². The summed E-state index contributed by atoms with van der Waals surface area (Å²) in [5.41, 5.74) is 0.201. The maximum Gasteiger partial charge on any atom is 0.159 e. The molecule has 4 nitrogen and oxygen atoms in total. The van der Waals surface area contributed by atoms with Crippen molar-refractivity contribution < 1.29 is 14.2 Å².